The molecule has 0 aromatic heterocycles. The zero-order valence-corrected chi connectivity index (χ0v) is 19.2. The largest absolute Gasteiger partial charge is 0.378 e. The third-order valence-electron chi connectivity index (χ3n) is 5.40. The number of hydrogen-bond acceptors (Lipinski definition) is 6. The van der Waals surface area contributed by atoms with E-state index < -0.39 is 22.0 Å². The predicted octanol–water partition coefficient (Wildman–Crippen LogP) is 2.25. The van der Waals surface area contributed by atoms with Gasteiger partial charge in [0.15, 0.2) is 0 Å². The standard InChI is InChI=1S/C23H32N4O4S/c1-18-5-11-21(12-6-18)32(29,30)26-22(4-2-3-13-24)23(28)25-19-7-9-20(10-8-19)27-14-16-31-17-15-27/h5-12,22,26H,2-4,13-17,24H2,1H3,(H,25,28)/t22-/m0/s1. The summed E-state index contributed by atoms with van der Waals surface area (Å²) < 4.78 is 33.6. The number of amides is 1. The second-order valence-electron chi connectivity index (χ2n) is 7.91. The number of nitrogens with one attached hydrogen (secondary N) is 2. The maximum absolute atomic E-state index is 13.0. The molecule has 174 valence electrons. The molecule has 1 aliphatic rings. The van der Waals surface area contributed by atoms with Gasteiger partial charge in [-0.15, -0.1) is 0 Å². The van der Waals surface area contributed by atoms with E-state index >= 15 is 0 Å². The Morgan fingerprint density at radius 2 is 1.72 bits per heavy atom. The van der Waals surface area contributed by atoms with Crippen LogP contribution in [0.25, 0.3) is 0 Å². The number of sulfonamides is 1. The van der Waals surface area contributed by atoms with Crippen molar-refractivity contribution in [1.82, 2.24) is 4.72 Å². The Kier molecular flexibility index (Phi) is 8.63. The van der Waals surface area contributed by atoms with E-state index in [2.05, 4.69) is 14.9 Å². The molecule has 2 aromatic carbocycles. The Bertz CT molecular complexity index is 972. The van der Waals surface area contributed by atoms with Crippen molar-refractivity contribution in [1.29, 1.82) is 0 Å². The van der Waals surface area contributed by atoms with Gasteiger partial charge in [0.25, 0.3) is 0 Å². The van der Waals surface area contributed by atoms with Crippen molar-refractivity contribution in [2.24, 2.45) is 5.73 Å². The van der Waals surface area contributed by atoms with E-state index in [0.29, 0.717) is 44.7 Å². The third kappa shape index (κ3) is 6.77. The van der Waals surface area contributed by atoms with E-state index in [1.54, 1.807) is 12.1 Å². The smallest absolute Gasteiger partial charge is 0.242 e. The van der Waals surface area contributed by atoms with Crippen LogP contribution >= 0.6 is 0 Å². The van der Waals surface area contributed by atoms with Gasteiger partial charge < -0.3 is 20.7 Å². The van der Waals surface area contributed by atoms with Crippen LogP contribution in [0.15, 0.2) is 53.4 Å². The quantitative estimate of drug-likeness (QED) is 0.469. The number of rotatable bonds is 10. The van der Waals surface area contributed by atoms with E-state index in [-0.39, 0.29) is 4.90 Å². The maximum atomic E-state index is 13.0. The number of ether oxygens (including phenoxy) is 1. The van der Waals surface area contributed by atoms with Crippen molar-refractivity contribution >= 4 is 27.3 Å². The molecule has 1 amide bonds. The minimum Gasteiger partial charge on any atom is -0.378 e. The van der Waals surface area contributed by atoms with Gasteiger partial charge in [0, 0.05) is 24.5 Å². The minimum absolute atomic E-state index is 0.134. The monoisotopic (exact) mass is 460 g/mol. The Hall–Kier alpha value is -2.46. The highest BCUT2D eigenvalue weighted by atomic mass is 32.2. The van der Waals surface area contributed by atoms with E-state index in [0.717, 1.165) is 24.3 Å². The Morgan fingerprint density at radius 1 is 1.06 bits per heavy atom. The van der Waals surface area contributed by atoms with Crippen molar-refractivity contribution in [3.63, 3.8) is 0 Å². The van der Waals surface area contributed by atoms with Crippen LogP contribution < -0.4 is 20.7 Å². The van der Waals surface area contributed by atoms with E-state index in [1.807, 2.05) is 31.2 Å². The zero-order valence-electron chi connectivity index (χ0n) is 18.4. The molecule has 9 heteroatoms. The van der Waals surface area contributed by atoms with Gasteiger partial charge in [-0.3, -0.25) is 4.79 Å². The number of anilines is 2. The summed E-state index contributed by atoms with van der Waals surface area (Å²) in [7, 11) is -3.83. The molecule has 1 atom stereocenters. The lowest BCUT2D eigenvalue weighted by molar-refractivity contribution is -0.117. The Labute approximate surface area is 190 Å². The first-order chi connectivity index (χ1) is 15.4. The molecule has 32 heavy (non-hydrogen) atoms. The molecule has 3 rings (SSSR count). The summed E-state index contributed by atoms with van der Waals surface area (Å²) in [6.07, 6.45) is 1.71. The molecule has 0 aliphatic carbocycles. The molecule has 1 fully saturated rings. The molecule has 0 spiro atoms. The second-order valence-corrected chi connectivity index (χ2v) is 9.62. The molecule has 0 bridgehead atoms. The van der Waals surface area contributed by atoms with Gasteiger partial charge in [0.1, 0.15) is 6.04 Å². The molecule has 0 radical (unpaired) electrons. The molecular weight excluding hydrogens is 428 g/mol. The molecule has 0 saturated carbocycles. The van der Waals surface area contributed by atoms with Crippen LogP contribution in [0.4, 0.5) is 11.4 Å². The molecule has 1 aliphatic heterocycles. The number of carbonyl (C=O) groups is 1. The van der Waals surface area contributed by atoms with Gasteiger partial charge in [-0.25, -0.2) is 8.42 Å². The van der Waals surface area contributed by atoms with E-state index in [1.165, 1.54) is 12.1 Å². The number of nitrogens with two attached hydrogens (primary N) is 1. The van der Waals surface area contributed by atoms with Crippen molar-refractivity contribution in [3.05, 3.63) is 54.1 Å². The normalized spacial score (nSPS) is 15.4. The molecule has 8 nitrogen and oxygen atoms in total. The molecule has 1 saturated heterocycles. The van der Waals surface area contributed by atoms with Crippen LogP contribution in [0, 0.1) is 6.92 Å². The molecule has 1 heterocycles. The van der Waals surface area contributed by atoms with Crippen molar-refractivity contribution in [2.75, 3.05) is 43.1 Å². The molecular formula is C23H32N4O4S. The van der Waals surface area contributed by atoms with Crippen molar-refractivity contribution in [2.45, 2.75) is 37.1 Å². The highest BCUT2D eigenvalue weighted by Gasteiger charge is 2.25. The van der Waals surface area contributed by atoms with Gasteiger partial charge in [0.2, 0.25) is 15.9 Å². The van der Waals surface area contributed by atoms with Crippen LogP contribution in [0.3, 0.4) is 0 Å². The minimum atomic E-state index is -3.83. The van der Waals surface area contributed by atoms with Crippen LogP contribution in [-0.4, -0.2) is 53.2 Å². The van der Waals surface area contributed by atoms with Crippen LogP contribution in [0.5, 0.6) is 0 Å². The number of hydrogen-bond donors (Lipinski definition) is 3. The number of morpholine rings is 1. The first-order valence-corrected chi connectivity index (χ1v) is 12.4. The van der Waals surface area contributed by atoms with Gasteiger partial charge in [-0.1, -0.05) is 24.1 Å². The fourth-order valence-electron chi connectivity index (χ4n) is 3.52. The highest BCUT2D eigenvalue weighted by Crippen LogP contribution is 2.20. The summed E-state index contributed by atoms with van der Waals surface area (Å²) in [5.74, 6) is -0.392. The van der Waals surface area contributed by atoms with Crippen molar-refractivity contribution in [3.8, 4) is 0 Å². The summed E-state index contributed by atoms with van der Waals surface area (Å²) in [6, 6.07) is 13.2. The fourth-order valence-corrected chi connectivity index (χ4v) is 4.75. The fraction of sp³-hybridized carbons (Fsp3) is 0.435. The van der Waals surface area contributed by atoms with Crippen LogP contribution in [0.1, 0.15) is 24.8 Å². The Morgan fingerprint density at radius 3 is 2.34 bits per heavy atom. The summed E-state index contributed by atoms with van der Waals surface area (Å²) >= 11 is 0. The summed E-state index contributed by atoms with van der Waals surface area (Å²) in [5, 5.41) is 2.84. The second kappa shape index (κ2) is 11.4. The third-order valence-corrected chi connectivity index (χ3v) is 6.89. The van der Waals surface area contributed by atoms with E-state index in [4.69, 9.17) is 10.5 Å². The highest BCUT2D eigenvalue weighted by molar-refractivity contribution is 7.89. The Balaban J connectivity index is 1.68. The summed E-state index contributed by atoms with van der Waals surface area (Å²) in [5.41, 5.74) is 8.21. The first kappa shape index (κ1) is 24.2. The first-order valence-electron chi connectivity index (χ1n) is 10.9. The number of carbonyl (C=O) groups excluding carboxylic acids is 1. The van der Waals surface area contributed by atoms with Crippen LogP contribution in [-0.2, 0) is 19.6 Å². The van der Waals surface area contributed by atoms with Gasteiger partial charge in [-0.05, 0) is 62.7 Å². The topological polar surface area (TPSA) is 114 Å². The van der Waals surface area contributed by atoms with Crippen molar-refractivity contribution < 1.29 is 17.9 Å². The zero-order chi connectivity index (χ0) is 23.0. The van der Waals surface area contributed by atoms with Gasteiger partial charge in [0.05, 0.1) is 18.1 Å². The summed E-state index contributed by atoms with van der Waals surface area (Å²) in [6.45, 7) is 5.43. The predicted molar refractivity (Wildman–Crippen MR) is 126 cm³/mol. The number of unbranched alkanes of at least 4 members (excludes halogenated alkanes) is 1. The SMILES string of the molecule is Cc1ccc(S(=O)(=O)N[C@@H](CCCCN)C(=O)Nc2ccc(N3CCOCC3)cc2)cc1. The maximum Gasteiger partial charge on any atom is 0.242 e. The van der Waals surface area contributed by atoms with Gasteiger partial charge in [-0.2, -0.15) is 4.72 Å². The molecule has 2 aromatic rings. The number of aryl methyl sites for hydroxylation is 1. The van der Waals surface area contributed by atoms with Gasteiger partial charge >= 0.3 is 0 Å². The average Bonchev–Trinajstić information content (AvgIpc) is 2.80. The van der Waals surface area contributed by atoms with Crippen LogP contribution in [0.2, 0.25) is 0 Å². The summed E-state index contributed by atoms with van der Waals surface area (Å²) in [4.78, 5) is 15.3. The van der Waals surface area contributed by atoms with E-state index in [9.17, 15) is 13.2 Å². The number of benzene rings is 2. The number of nitrogens with zero attached hydrogens (tertiary/aromatic N) is 1. The lowest BCUT2D eigenvalue weighted by Crippen LogP contribution is -2.43. The average molecular weight is 461 g/mol. The lowest BCUT2D eigenvalue weighted by atomic mass is 10.1. The lowest BCUT2D eigenvalue weighted by Gasteiger charge is -2.29. The molecule has 4 N–H and O–H groups in total. The molecule has 0 unspecified atom stereocenters.